The van der Waals surface area contributed by atoms with Gasteiger partial charge in [-0.05, 0) is 12.8 Å². The minimum Gasteiger partial charge on any atom is -0.392 e. The minimum absolute atomic E-state index is 0.219. The van der Waals surface area contributed by atoms with Crippen molar-refractivity contribution in [2.24, 2.45) is 0 Å². The molecule has 35 heavy (non-hydrogen) atoms. The van der Waals surface area contributed by atoms with Gasteiger partial charge in [0, 0.05) is 12.8 Å². The number of rotatable bonds is 24. The molecule has 0 amide bonds. The van der Waals surface area contributed by atoms with E-state index in [1.54, 1.807) is 0 Å². The normalized spacial score (nSPS) is 10.8. The summed E-state index contributed by atoms with van der Waals surface area (Å²) in [7, 11) is 0. The van der Waals surface area contributed by atoms with Crippen LogP contribution in [-0.2, 0) is 28.7 Å². The van der Waals surface area contributed by atoms with E-state index in [2.05, 4.69) is 19.2 Å². The summed E-state index contributed by atoms with van der Waals surface area (Å²) in [6.07, 6.45) is 21.0. The van der Waals surface area contributed by atoms with Crippen LogP contribution in [0.25, 0.3) is 0 Å². The van der Waals surface area contributed by atoms with Crippen molar-refractivity contribution < 1.29 is 28.7 Å². The molecule has 0 aromatic heterocycles. The number of hydrogen-bond donors (Lipinski definition) is 1. The molecule has 0 bridgehead atoms. The van der Waals surface area contributed by atoms with E-state index in [1.165, 1.54) is 77.0 Å². The van der Waals surface area contributed by atoms with E-state index >= 15 is 0 Å². The highest BCUT2D eigenvalue weighted by Crippen LogP contribution is 2.12. The van der Waals surface area contributed by atoms with Gasteiger partial charge < -0.3 is 9.47 Å². The number of esters is 4. The predicted molar refractivity (Wildman–Crippen MR) is 139 cm³/mol. The number of unbranched alkanes of at least 4 members (excludes halogenated alkanes) is 16. The lowest BCUT2D eigenvalue weighted by Gasteiger charge is -2.06. The summed E-state index contributed by atoms with van der Waals surface area (Å²) in [5, 5.41) is 2.55. The first kappa shape index (κ1) is 33.2. The van der Waals surface area contributed by atoms with Gasteiger partial charge in [-0.2, -0.15) is 0 Å². The Hall–Kier alpha value is -1.76. The molecule has 0 atom stereocenters. The van der Waals surface area contributed by atoms with Crippen LogP contribution in [0.2, 0.25) is 0 Å². The molecule has 0 spiro atoms. The van der Waals surface area contributed by atoms with Crippen molar-refractivity contribution in [1.82, 2.24) is 5.32 Å². The Balaban J connectivity index is 3.58. The maximum Gasteiger partial charge on any atom is 0.327 e. The molecule has 0 aromatic carbocycles. The number of nitrogens with one attached hydrogen (secondary N) is 1. The van der Waals surface area contributed by atoms with Crippen molar-refractivity contribution in [1.29, 1.82) is 0 Å². The number of hydrogen-bond acceptors (Lipinski definition) is 7. The Kier molecular flexibility index (Phi) is 24.1. The standard InChI is InChI=1S/C28H51NO6/c1-3-5-7-9-11-13-15-17-19-21-25(30)34-27(32)23-29-24-28(33)35-26(31)22-20-18-16-14-12-10-8-6-4-2/h29H,3-24H2,1-2H3. The average molecular weight is 498 g/mol. The van der Waals surface area contributed by atoms with Gasteiger partial charge in [0.15, 0.2) is 0 Å². The molecule has 0 fully saturated rings. The van der Waals surface area contributed by atoms with Crippen LogP contribution in [-0.4, -0.2) is 37.0 Å². The third kappa shape index (κ3) is 25.1. The van der Waals surface area contributed by atoms with Gasteiger partial charge in [0.05, 0.1) is 13.1 Å². The number of carbonyl (C=O) groups excluding carboxylic acids is 4. The molecule has 1 N–H and O–H groups in total. The molecule has 7 heteroatoms. The second-order valence-electron chi connectivity index (χ2n) is 9.45. The summed E-state index contributed by atoms with van der Waals surface area (Å²) in [6.45, 7) is 3.84. The van der Waals surface area contributed by atoms with Crippen molar-refractivity contribution in [3.63, 3.8) is 0 Å². The first-order valence-corrected chi connectivity index (χ1v) is 14.2. The highest BCUT2D eigenvalue weighted by molar-refractivity contribution is 5.88. The van der Waals surface area contributed by atoms with Gasteiger partial charge in [-0.25, -0.2) is 0 Å². The second kappa shape index (κ2) is 25.3. The van der Waals surface area contributed by atoms with E-state index in [9.17, 15) is 19.2 Å². The fourth-order valence-electron chi connectivity index (χ4n) is 3.85. The van der Waals surface area contributed by atoms with Gasteiger partial charge >= 0.3 is 23.9 Å². The van der Waals surface area contributed by atoms with E-state index in [1.807, 2.05) is 0 Å². The molecular formula is C28H51NO6. The zero-order valence-electron chi connectivity index (χ0n) is 22.5. The Morgan fingerprint density at radius 2 is 0.714 bits per heavy atom. The Labute approximate surface area is 213 Å². The van der Waals surface area contributed by atoms with Crippen molar-refractivity contribution >= 4 is 23.9 Å². The minimum atomic E-state index is -0.736. The van der Waals surface area contributed by atoms with Crippen molar-refractivity contribution in [2.75, 3.05) is 13.1 Å². The fourth-order valence-corrected chi connectivity index (χ4v) is 3.85. The zero-order valence-corrected chi connectivity index (χ0v) is 22.5. The average Bonchev–Trinajstić information content (AvgIpc) is 2.81. The van der Waals surface area contributed by atoms with Gasteiger partial charge in [0.25, 0.3) is 0 Å². The highest BCUT2D eigenvalue weighted by Gasteiger charge is 2.13. The molecule has 0 aliphatic rings. The summed E-state index contributed by atoms with van der Waals surface area (Å²) in [6, 6.07) is 0. The molecule has 0 aromatic rings. The molecule has 0 heterocycles. The van der Waals surface area contributed by atoms with Crippen LogP contribution in [0.15, 0.2) is 0 Å². The van der Waals surface area contributed by atoms with Crippen molar-refractivity contribution in [3.8, 4) is 0 Å². The topological polar surface area (TPSA) is 98.8 Å². The SMILES string of the molecule is CCCCCCCCCCCC(=O)OC(=O)CNCC(=O)OC(=O)CCCCCCCCCCC. The van der Waals surface area contributed by atoms with Gasteiger partial charge in [-0.1, -0.05) is 117 Å². The Morgan fingerprint density at radius 1 is 0.429 bits per heavy atom. The summed E-state index contributed by atoms with van der Waals surface area (Å²) < 4.78 is 9.48. The van der Waals surface area contributed by atoms with Gasteiger partial charge in [-0.15, -0.1) is 0 Å². The summed E-state index contributed by atoms with van der Waals surface area (Å²) >= 11 is 0. The first-order valence-electron chi connectivity index (χ1n) is 14.2. The van der Waals surface area contributed by atoms with E-state index < -0.39 is 23.9 Å². The maximum absolute atomic E-state index is 11.7. The summed E-state index contributed by atoms with van der Waals surface area (Å²) in [5.41, 5.74) is 0. The van der Waals surface area contributed by atoms with Crippen LogP contribution in [0.5, 0.6) is 0 Å². The lowest BCUT2D eigenvalue weighted by molar-refractivity contribution is -0.159. The highest BCUT2D eigenvalue weighted by atomic mass is 16.6. The van der Waals surface area contributed by atoms with Crippen LogP contribution in [0.3, 0.4) is 0 Å². The molecule has 204 valence electrons. The van der Waals surface area contributed by atoms with Gasteiger partial charge in [0.1, 0.15) is 0 Å². The molecular weight excluding hydrogens is 446 g/mol. The third-order valence-corrected chi connectivity index (χ3v) is 5.96. The van der Waals surface area contributed by atoms with Crippen molar-refractivity contribution in [2.45, 2.75) is 142 Å². The molecule has 0 aliphatic carbocycles. The molecule has 0 saturated carbocycles. The van der Waals surface area contributed by atoms with Gasteiger partial charge in [-0.3, -0.25) is 24.5 Å². The van der Waals surface area contributed by atoms with E-state index in [4.69, 9.17) is 9.47 Å². The largest absolute Gasteiger partial charge is 0.392 e. The molecule has 0 aliphatic heterocycles. The van der Waals surface area contributed by atoms with Crippen molar-refractivity contribution in [3.05, 3.63) is 0 Å². The summed E-state index contributed by atoms with van der Waals surface area (Å²) in [5.74, 6) is -2.56. The Bertz CT molecular complexity index is 516. The van der Waals surface area contributed by atoms with Crippen LogP contribution in [0.1, 0.15) is 142 Å². The van der Waals surface area contributed by atoms with Gasteiger partial charge in [0.2, 0.25) is 0 Å². The van der Waals surface area contributed by atoms with E-state index in [0.717, 1.165) is 25.7 Å². The first-order chi connectivity index (χ1) is 17.0. The fraction of sp³-hybridized carbons (Fsp3) is 0.857. The smallest absolute Gasteiger partial charge is 0.327 e. The third-order valence-electron chi connectivity index (χ3n) is 5.96. The molecule has 7 nitrogen and oxygen atoms in total. The van der Waals surface area contributed by atoms with Crippen LogP contribution in [0, 0.1) is 0 Å². The number of ether oxygens (including phenoxy) is 2. The molecule has 0 saturated heterocycles. The van der Waals surface area contributed by atoms with E-state index in [-0.39, 0.29) is 25.9 Å². The number of carbonyl (C=O) groups is 4. The van der Waals surface area contributed by atoms with Crippen LogP contribution < -0.4 is 5.32 Å². The quantitative estimate of drug-likeness (QED) is 0.0916. The zero-order chi connectivity index (χ0) is 26.0. The van der Waals surface area contributed by atoms with Crippen LogP contribution in [0.4, 0.5) is 0 Å². The van der Waals surface area contributed by atoms with E-state index in [0.29, 0.717) is 12.8 Å². The lowest BCUT2D eigenvalue weighted by Crippen LogP contribution is -2.32. The van der Waals surface area contributed by atoms with Crippen LogP contribution >= 0.6 is 0 Å². The lowest BCUT2D eigenvalue weighted by atomic mass is 10.1. The summed E-state index contributed by atoms with van der Waals surface area (Å²) in [4.78, 5) is 46.8. The molecule has 0 unspecified atom stereocenters. The maximum atomic E-state index is 11.7. The molecule has 0 radical (unpaired) electrons. The second-order valence-corrected chi connectivity index (χ2v) is 9.45. The monoisotopic (exact) mass is 497 g/mol. The predicted octanol–water partition coefficient (Wildman–Crippen LogP) is 6.56. The Morgan fingerprint density at radius 3 is 1.03 bits per heavy atom. The molecule has 0 rings (SSSR count).